The summed E-state index contributed by atoms with van der Waals surface area (Å²) in [6.07, 6.45) is 3.20. The molecule has 1 heterocycles. The number of nitrogens with two attached hydrogens (primary N) is 1. The third-order valence-electron chi connectivity index (χ3n) is 4.75. The van der Waals surface area contributed by atoms with Crippen LogP contribution >= 0.6 is 0 Å². The van der Waals surface area contributed by atoms with E-state index in [0.29, 0.717) is 24.0 Å². The lowest BCUT2D eigenvalue weighted by Crippen LogP contribution is -2.51. The summed E-state index contributed by atoms with van der Waals surface area (Å²) in [5.74, 6) is 0.579. The van der Waals surface area contributed by atoms with Crippen LogP contribution in [0.4, 0.5) is 0 Å². The van der Waals surface area contributed by atoms with Crippen LogP contribution in [0.2, 0.25) is 0 Å². The Bertz CT molecular complexity index is 714. The van der Waals surface area contributed by atoms with E-state index in [1.165, 1.54) is 13.2 Å². The Labute approximate surface area is 172 Å². The van der Waals surface area contributed by atoms with E-state index in [9.17, 15) is 9.59 Å². The normalized spacial score (nSPS) is 16.0. The molecule has 1 unspecified atom stereocenters. The summed E-state index contributed by atoms with van der Waals surface area (Å²) in [5.41, 5.74) is 5.86. The SMILES string of the molecule is COc1cc(/C=C/C(=O)NCC(C(C)C)N2CCOCC2)ccc1OCC(N)=O. The van der Waals surface area contributed by atoms with Crippen molar-refractivity contribution in [3.05, 3.63) is 29.8 Å². The zero-order valence-corrected chi connectivity index (χ0v) is 17.3. The lowest BCUT2D eigenvalue weighted by Gasteiger charge is -2.36. The Kier molecular flexibility index (Phi) is 8.95. The predicted molar refractivity (Wildman–Crippen MR) is 111 cm³/mol. The van der Waals surface area contributed by atoms with E-state index in [4.69, 9.17) is 19.9 Å². The van der Waals surface area contributed by atoms with E-state index in [-0.39, 0.29) is 18.6 Å². The van der Waals surface area contributed by atoms with Crippen molar-refractivity contribution in [3.8, 4) is 11.5 Å². The number of ether oxygens (including phenoxy) is 3. The second-order valence-corrected chi connectivity index (χ2v) is 7.20. The smallest absolute Gasteiger partial charge is 0.255 e. The van der Waals surface area contributed by atoms with Gasteiger partial charge in [-0.2, -0.15) is 0 Å². The highest BCUT2D eigenvalue weighted by molar-refractivity contribution is 5.91. The van der Waals surface area contributed by atoms with E-state index < -0.39 is 5.91 Å². The molecule has 0 bridgehead atoms. The van der Waals surface area contributed by atoms with Crippen molar-refractivity contribution in [2.24, 2.45) is 11.7 Å². The molecule has 8 heteroatoms. The van der Waals surface area contributed by atoms with Gasteiger partial charge in [-0.05, 0) is 29.7 Å². The fourth-order valence-electron chi connectivity index (χ4n) is 3.19. The van der Waals surface area contributed by atoms with Crippen LogP contribution in [0, 0.1) is 5.92 Å². The van der Waals surface area contributed by atoms with E-state index in [0.717, 1.165) is 31.9 Å². The second-order valence-electron chi connectivity index (χ2n) is 7.20. The number of nitrogens with zero attached hydrogens (tertiary/aromatic N) is 1. The van der Waals surface area contributed by atoms with E-state index in [1.54, 1.807) is 24.3 Å². The van der Waals surface area contributed by atoms with Gasteiger partial charge in [0, 0.05) is 31.8 Å². The summed E-state index contributed by atoms with van der Waals surface area (Å²) >= 11 is 0. The van der Waals surface area contributed by atoms with Crippen molar-refractivity contribution in [1.82, 2.24) is 10.2 Å². The maximum Gasteiger partial charge on any atom is 0.255 e. The molecule has 160 valence electrons. The zero-order valence-electron chi connectivity index (χ0n) is 17.3. The Balaban J connectivity index is 1.92. The average molecular weight is 405 g/mol. The first-order chi connectivity index (χ1) is 13.9. The molecule has 0 aromatic heterocycles. The van der Waals surface area contributed by atoms with Crippen LogP contribution in [0.15, 0.2) is 24.3 Å². The Morgan fingerprint density at radius 2 is 2.00 bits per heavy atom. The highest BCUT2D eigenvalue weighted by Gasteiger charge is 2.23. The van der Waals surface area contributed by atoms with Gasteiger partial charge in [-0.1, -0.05) is 19.9 Å². The molecule has 2 amide bonds. The summed E-state index contributed by atoms with van der Waals surface area (Å²) in [7, 11) is 1.50. The van der Waals surface area contributed by atoms with Crippen molar-refractivity contribution in [2.75, 3.05) is 46.6 Å². The summed E-state index contributed by atoms with van der Waals surface area (Å²) in [4.78, 5) is 25.5. The number of rotatable bonds is 10. The van der Waals surface area contributed by atoms with Gasteiger partial charge < -0.3 is 25.3 Å². The molecule has 1 fully saturated rings. The topological polar surface area (TPSA) is 103 Å². The second kappa shape index (κ2) is 11.4. The standard InChI is InChI=1S/C21H31N3O5/c1-15(2)17(24-8-10-28-11-9-24)13-23-21(26)7-5-16-4-6-18(19(12-16)27-3)29-14-20(22)25/h4-7,12,15,17H,8-11,13-14H2,1-3H3,(H2,22,25)(H,23,26)/b7-5+. The van der Waals surface area contributed by atoms with E-state index >= 15 is 0 Å². The Morgan fingerprint density at radius 1 is 1.28 bits per heavy atom. The summed E-state index contributed by atoms with van der Waals surface area (Å²) in [6, 6.07) is 5.45. The van der Waals surface area contributed by atoms with Crippen molar-refractivity contribution >= 4 is 17.9 Å². The van der Waals surface area contributed by atoms with Crippen LogP contribution in [-0.2, 0) is 14.3 Å². The van der Waals surface area contributed by atoms with Gasteiger partial charge in [-0.25, -0.2) is 0 Å². The van der Waals surface area contributed by atoms with Crippen LogP contribution in [0.5, 0.6) is 11.5 Å². The zero-order chi connectivity index (χ0) is 21.2. The van der Waals surface area contributed by atoms with Crippen LogP contribution in [-0.4, -0.2) is 69.3 Å². The van der Waals surface area contributed by atoms with Gasteiger partial charge in [0.2, 0.25) is 5.91 Å². The largest absolute Gasteiger partial charge is 0.493 e. The first-order valence-corrected chi connectivity index (χ1v) is 9.77. The van der Waals surface area contributed by atoms with Crippen molar-refractivity contribution < 1.29 is 23.8 Å². The van der Waals surface area contributed by atoms with Crippen molar-refractivity contribution in [3.63, 3.8) is 0 Å². The third-order valence-corrected chi connectivity index (χ3v) is 4.75. The summed E-state index contributed by atoms with van der Waals surface area (Å²) < 4.78 is 16.0. The molecule has 3 N–H and O–H groups in total. The predicted octanol–water partition coefficient (Wildman–Crippen LogP) is 1.05. The van der Waals surface area contributed by atoms with Crippen LogP contribution < -0.4 is 20.5 Å². The number of morpholine rings is 1. The number of amides is 2. The number of methoxy groups -OCH3 is 1. The Hall–Kier alpha value is -2.58. The molecule has 1 atom stereocenters. The van der Waals surface area contributed by atoms with Crippen LogP contribution in [0.1, 0.15) is 19.4 Å². The van der Waals surface area contributed by atoms with E-state index in [2.05, 4.69) is 24.1 Å². The van der Waals surface area contributed by atoms with Gasteiger partial charge in [0.15, 0.2) is 18.1 Å². The summed E-state index contributed by atoms with van der Waals surface area (Å²) in [6.45, 7) is 7.93. The number of carbonyl (C=O) groups excluding carboxylic acids is 2. The van der Waals surface area contributed by atoms with Crippen LogP contribution in [0.25, 0.3) is 6.08 Å². The quantitative estimate of drug-likeness (QED) is 0.564. The molecule has 29 heavy (non-hydrogen) atoms. The van der Waals surface area contributed by atoms with Crippen LogP contribution in [0.3, 0.4) is 0 Å². The van der Waals surface area contributed by atoms with Gasteiger partial charge in [0.05, 0.1) is 20.3 Å². The lowest BCUT2D eigenvalue weighted by molar-refractivity contribution is -0.120. The highest BCUT2D eigenvalue weighted by atomic mass is 16.5. The molecule has 8 nitrogen and oxygen atoms in total. The number of nitrogens with one attached hydrogen (secondary N) is 1. The molecule has 0 aliphatic carbocycles. The van der Waals surface area contributed by atoms with Gasteiger partial charge >= 0.3 is 0 Å². The number of carbonyl (C=O) groups is 2. The van der Waals surface area contributed by atoms with Gasteiger partial charge in [0.1, 0.15) is 0 Å². The third kappa shape index (κ3) is 7.40. The molecule has 0 spiro atoms. The molecule has 0 saturated carbocycles. The molecule has 1 aromatic rings. The minimum atomic E-state index is -0.565. The minimum absolute atomic E-state index is 0.156. The Morgan fingerprint density at radius 3 is 2.62 bits per heavy atom. The summed E-state index contributed by atoms with van der Waals surface area (Å²) in [5, 5.41) is 2.99. The number of primary amides is 1. The fourth-order valence-corrected chi connectivity index (χ4v) is 3.19. The molecule has 0 radical (unpaired) electrons. The molecule has 2 rings (SSSR count). The molecule has 1 saturated heterocycles. The minimum Gasteiger partial charge on any atom is -0.493 e. The van der Waals surface area contributed by atoms with E-state index in [1.807, 2.05) is 0 Å². The van der Waals surface area contributed by atoms with Crippen molar-refractivity contribution in [2.45, 2.75) is 19.9 Å². The van der Waals surface area contributed by atoms with Gasteiger partial charge in [0.25, 0.3) is 5.91 Å². The number of hydrogen-bond acceptors (Lipinski definition) is 6. The van der Waals surface area contributed by atoms with Gasteiger partial charge in [-0.15, -0.1) is 0 Å². The van der Waals surface area contributed by atoms with Crippen molar-refractivity contribution in [1.29, 1.82) is 0 Å². The maximum absolute atomic E-state index is 12.3. The molecule has 1 aromatic carbocycles. The highest BCUT2D eigenvalue weighted by Crippen LogP contribution is 2.28. The molecular formula is C21H31N3O5. The number of benzene rings is 1. The average Bonchev–Trinajstić information content (AvgIpc) is 2.71. The molecule has 1 aliphatic rings. The first-order valence-electron chi connectivity index (χ1n) is 9.77. The molecular weight excluding hydrogens is 374 g/mol. The molecule has 1 aliphatic heterocycles. The maximum atomic E-state index is 12.3. The van der Waals surface area contributed by atoms with Gasteiger partial charge in [-0.3, -0.25) is 14.5 Å². The fraction of sp³-hybridized carbons (Fsp3) is 0.524. The first kappa shape index (κ1) is 22.7. The monoisotopic (exact) mass is 405 g/mol. The lowest BCUT2D eigenvalue weighted by atomic mass is 10.0. The number of hydrogen-bond donors (Lipinski definition) is 2.